The molecule has 2 saturated heterocycles. The fourth-order valence-corrected chi connectivity index (χ4v) is 3.00. The summed E-state index contributed by atoms with van der Waals surface area (Å²) in [5.74, 6) is 0.782. The van der Waals surface area contributed by atoms with Crippen LogP contribution in [-0.2, 0) is 4.74 Å². The number of nitrogens with one attached hydrogen (secondary N) is 1. The molecule has 1 N–H and O–H groups in total. The average Bonchev–Trinajstić information content (AvgIpc) is 2.76. The lowest BCUT2D eigenvalue weighted by Gasteiger charge is -2.25. The van der Waals surface area contributed by atoms with Gasteiger partial charge >= 0.3 is 0 Å². The van der Waals surface area contributed by atoms with E-state index in [0.29, 0.717) is 0 Å². The highest BCUT2D eigenvalue weighted by atomic mass is 16.5. The first-order chi connectivity index (χ1) is 7.88. The smallest absolute Gasteiger partial charge is 0.0503 e. The summed E-state index contributed by atoms with van der Waals surface area (Å²) >= 11 is 0. The molecule has 2 unspecified atom stereocenters. The third kappa shape index (κ3) is 3.72. The van der Waals surface area contributed by atoms with Crippen LogP contribution >= 0.6 is 0 Å². The molecule has 2 aliphatic rings. The van der Waals surface area contributed by atoms with E-state index in [1.807, 2.05) is 7.11 Å². The molecule has 2 rings (SSSR count). The topological polar surface area (TPSA) is 24.5 Å². The number of hydrogen-bond donors (Lipinski definition) is 1. The summed E-state index contributed by atoms with van der Waals surface area (Å²) in [6.45, 7) is 5.98. The van der Waals surface area contributed by atoms with Crippen molar-refractivity contribution in [1.29, 1.82) is 0 Å². The van der Waals surface area contributed by atoms with Gasteiger partial charge in [-0.1, -0.05) is 6.42 Å². The van der Waals surface area contributed by atoms with Gasteiger partial charge in [-0.3, -0.25) is 0 Å². The van der Waals surface area contributed by atoms with E-state index in [-0.39, 0.29) is 0 Å². The molecule has 2 fully saturated rings. The molecule has 2 atom stereocenters. The SMILES string of the molecule is COCC1CCN(CCC2CCCCN2)C1. The molecule has 94 valence electrons. The normalized spacial score (nSPS) is 32.1. The maximum absolute atomic E-state index is 5.23. The Morgan fingerprint density at radius 3 is 3.00 bits per heavy atom. The highest BCUT2D eigenvalue weighted by Gasteiger charge is 2.23. The van der Waals surface area contributed by atoms with Crippen molar-refractivity contribution in [3.05, 3.63) is 0 Å². The van der Waals surface area contributed by atoms with Gasteiger partial charge in [-0.25, -0.2) is 0 Å². The van der Waals surface area contributed by atoms with Gasteiger partial charge < -0.3 is 15.0 Å². The lowest BCUT2D eigenvalue weighted by Crippen LogP contribution is -2.37. The van der Waals surface area contributed by atoms with Crippen molar-refractivity contribution in [3.63, 3.8) is 0 Å². The van der Waals surface area contributed by atoms with Crippen LogP contribution in [0.2, 0.25) is 0 Å². The van der Waals surface area contributed by atoms with Crippen LogP contribution in [-0.4, -0.2) is 50.8 Å². The van der Waals surface area contributed by atoms with Crippen LogP contribution in [0.5, 0.6) is 0 Å². The third-order valence-corrected chi connectivity index (χ3v) is 3.98. The second-order valence-electron chi connectivity index (χ2n) is 5.35. The fourth-order valence-electron chi connectivity index (χ4n) is 3.00. The molecule has 0 amide bonds. The van der Waals surface area contributed by atoms with Crippen molar-refractivity contribution in [3.8, 4) is 0 Å². The van der Waals surface area contributed by atoms with Gasteiger partial charge in [0.15, 0.2) is 0 Å². The maximum atomic E-state index is 5.23. The Kier molecular flexibility index (Phi) is 5.07. The first-order valence-corrected chi connectivity index (χ1v) is 6.83. The van der Waals surface area contributed by atoms with E-state index < -0.39 is 0 Å². The zero-order chi connectivity index (χ0) is 11.2. The maximum Gasteiger partial charge on any atom is 0.0503 e. The largest absolute Gasteiger partial charge is 0.384 e. The van der Waals surface area contributed by atoms with Crippen molar-refractivity contribution in [2.75, 3.05) is 39.9 Å². The number of likely N-dealkylation sites (tertiary alicyclic amines) is 1. The van der Waals surface area contributed by atoms with E-state index in [0.717, 1.165) is 18.6 Å². The number of rotatable bonds is 5. The molecular weight excluding hydrogens is 200 g/mol. The average molecular weight is 226 g/mol. The minimum Gasteiger partial charge on any atom is -0.384 e. The molecular formula is C13H26N2O. The summed E-state index contributed by atoms with van der Waals surface area (Å²) in [7, 11) is 1.81. The Balaban J connectivity index is 1.59. The van der Waals surface area contributed by atoms with E-state index in [9.17, 15) is 0 Å². The Morgan fingerprint density at radius 1 is 1.31 bits per heavy atom. The van der Waals surface area contributed by atoms with Gasteiger partial charge in [-0.2, -0.15) is 0 Å². The minimum absolute atomic E-state index is 0.782. The predicted molar refractivity (Wildman–Crippen MR) is 66.7 cm³/mol. The van der Waals surface area contributed by atoms with Gasteiger partial charge in [-0.15, -0.1) is 0 Å². The van der Waals surface area contributed by atoms with E-state index in [1.54, 1.807) is 0 Å². The monoisotopic (exact) mass is 226 g/mol. The molecule has 0 aromatic heterocycles. The Hall–Kier alpha value is -0.120. The van der Waals surface area contributed by atoms with Gasteiger partial charge in [0.25, 0.3) is 0 Å². The summed E-state index contributed by atoms with van der Waals surface area (Å²) in [4.78, 5) is 2.61. The predicted octanol–water partition coefficient (Wildman–Crippen LogP) is 1.49. The summed E-state index contributed by atoms with van der Waals surface area (Å²) < 4.78 is 5.23. The van der Waals surface area contributed by atoms with Crippen LogP contribution in [0, 0.1) is 5.92 Å². The molecule has 0 aromatic carbocycles. The number of ether oxygens (including phenoxy) is 1. The first-order valence-electron chi connectivity index (χ1n) is 6.83. The zero-order valence-corrected chi connectivity index (χ0v) is 10.6. The summed E-state index contributed by atoms with van der Waals surface area (Å²) in [6.07, 6.45) is 6.83. The van der Waals surface area contributed by atoms with E-state index in [2.05, 4.69) is 10.2 Å². The van der Waals surface area contributed by atoms with E-state index in [4.69, 9.17) is 4.74 Å². The molecule has 3 heteroatoms. The highest BCUT2D eigenvalue weighted by Crippen LogP contribution is 2.18. The molecule has 0 radical (unpaired) electrons. The van der Waals surface area contributed by atoms with Crippen LogP contribution in [0.4, 0.5) is 0 Å². The van der Waals surface area contributed by atoms with Crippen molar-refractivity contribution >= 4 is 0 Å². The molecule has 3 nitrogen and oxygen atoms in total. The Morgan fingerprint density at radius 2 is 2.25 bits per heavy atom. The second-order valence-corrected chi connectivity index (χ2v) is 5.35. The number of nitrogens with zero attached hydrogens (tertiary/aromatic N) is 1. The quantitative estimate of drug-likeness (QED) is 0.768. The molecule has 2 aliphatic heterocycles. The Labute approximate surface area is 99.5 Å². The number of piperidine rings is 1. The van der Waals surface area contributed by atoms with Gasteiger partial charge in [-0.05, 0) is 51.2 Å². The molecule has 16 heavy (non-hydrogen) atoms. The lowest BCUT2D eigenvalue weighted by molar-refractivity contribution is 0.152. The van der Waals surface area contributed by atoms with Gasteiger partial charge in [0.05, 0.1) is 6.61 Å². The molecule has 0 bridgehead atoms. The molecule has 0 aromatic rings. The van der Waals surface area contributed by atoms with E-state index in [1.165, 1.54) is 58.3 Å². The van der Waals surface area contributed by atoms with Crippen LogP contribution in [0.1, 0.15) is 32.1 Å². The fraction of sp³-hybridized carbons (Fsp3) is 1.00. The van der Waals surface area contributed by atoms with Crippen molar-refractivity contribution in [2.24, 2.45) is 5.92 Å². The highest BCUT2D eigenvalue weighted by molar-refractivity contribution is 4.78. The third-order valence-electron chi connectivity index (χ3n) is 3.98. The van der Waals surface area contributed by atoms with Gasteiger partial charge in [0.1, 0.15) is 0 Å². The standard InChI is InChI=1S/C13H26N2O/c1-16-11-12-5-8-15(10-12)9-6-13-4-2-3-7-14-13/h12-14H,2-11H2,1H3. The minimum atomic E-state index is 0.782. The number of methoxy groups -OCH3 is 1. The van der Waals surface area contributed by atoms with Crippen LogP contribution in [0.25, 0.3) is 0 Å². The van der Waals surface area contributed by atoms with Gasteiger partial charge in [0, 0.05) is 19.7 Å². The molecule has 0 aliphatic carbocycles. The summed E-state index contributed by atoms with van der Waals surface area (Å²) in [5, 5.41) is 3.63. The number of hydrogen-bond acceptors (Lipinski definition) is 3. The van der Waals surface area contributed by atoms with Crippen LogP contribution in [0.15, 0.2) is 0 Å². The Bertz CT molecular complexity index is 192. The van der Waals surface area contributed by atoms with Crippen molar-refractivity contribution in [2.45, 2.75) is 38.1 Å². The zero-order valence-electron chi connectivity index (χ0n) is 10.6. The van der Waals surface area contributed by atoms with Gasteiger partial charge in [0.2, 0.25) is 0 Å². The summed E-state index contributed by atoms with van der Waals surface area (Å²) in [5.41, 5.74) is 0. The molecule has 2 heterocycles. The molecule has 0 saturated carbocycles. The van der Waals surface area contributed by atoms with E-state index >= 15 is 0 Å². The van der Waals surface area contributed by atoms with Crippen molar-refractivity contribution in [1.82, 2.24) is 10.2 Å². The molecule has 0 spiro atoms. The van der Waals surface area contributed by atoms with Crippen LogP contribution < -0.4 is 5.32 Å². The van der Waals surface area contributed by atoms with Crippen LogP contribution in [0.3, 0.4) is 0 Å². The van der Waals surface area contributed by atoms with Crippen molar-refractivity contribution < 1.29 is 4.74 Å². The first kappa shape index (κ1) is 12.3. The lowest BCUT2D eigenvalue weighted by atomic mass is 10.0. The second kappa shape index (κ2) is 6.58. The summed E-state index contributed by atoms with van der Waals surface area (Å²) in [6, 6.07) is 0.787.